The Balaban J connectivity index is 2.08. The number of carbonyl (C=O) groups is 1. The molecule has 0 aromatic heterocycles. The van der Waals surface area contributed by atoms with Crippen LogP contribution in [0.1, 0.15) is 51.4 Å². The average Bonchev–Trinajstić information content (AvgIpc) is 2.25. The Labute approximate surface area is 95.1 Å². The molecule has 0 bridgehead atoms. The maximum Gasteiger partial charge on any atom is 0.266 e. The second-order valence-electron chi connectivity index (χ2n) is 4.29. The van der Waals surface area contributed by atoms with Crippen LogP contribution in [-0.2, 0) is 4.79 Å². The number of amides is 1. The molecule has 0 aliphatic heterocycles. The van der Waals surface area contributed by atoms with Gasteiger partial charge in [-0.05, 0) is 31.8 Å². The molecule has 0 aromatic carbocycles. The third-order valence-corrected chi connectivity index (χ3v) is 2.88. The molecule has 0 heterocycles. The molecule has 1 fully saturated rings. The van der Waals surface area contributed by atoms with E-state index in [1.165, 1.54) is 19.3 Å². The maximum atomic E-state index is 11.7. The lowest BCUT2D eigenvalue weighted by Crippen LogP contribution is -2.35. The van der Waals surface area contributed by atoms with E-state index in [2.05, 4.69) is 5.32 Å². The molecular formula is C12H19F2NO. The van der Waals surface area contributed by atoms with Crippen LogP contribution >= 0.6 is 0 Å². The van der Waals surface area contributed by atoms with Gasteiger partial charge in [0.1, 0.15) is 0 Å². The van der Waals surface area contributed by atoms with Crippen LogP contribution in [0.3, 0.4) is 0 Å². The first-order valence-corrected chi connectivity index (χ1v) is 5.99. The summed E-state index contributed by atoms with van der Waals surface area (Å²) in [5.41, 5.74) is 0. The number of carbonyl (C=O) groups excluding carboxylic acids is 1. The standard InChI is InChI=1S/C12H19F2NO/c13-11(14)8-4-5-9-12(16)15-10-6-2-1-3-7-10/h8,10H,1-7,9H2,(H,15,16). The minimum atomic E-state index is -1.66. The Morgan fingerprint density at radius 2 is 1.94 bits per heavy atom. The van der Waals surface area contributed by atoms with E-state index in [4.69, 9.17) is 0 Å². The summed E-state index contributed by atoms with van der Waals surface area (Å²) in [4.78, 5) is 11.4. The molecule has 1 amide bonds. The van der Waals surface area contributed by atoms with Crippen molar-refractivity contribution in [2.24, 2.45) is 0 Å². The number of hydrogen-bond donors (Lipinski definition) is 1. The molecule has 16 heavy (non-hydrogen) atoms. The van der Waals surface area contributed by atoms with E-state index in [1.54, 1.807) is 0 Å². The van der Waals surface area contributed by atoms with Gasteiger partial charge in [-0.2, -0.15) is 8.78 Å². The van der Waals surface area contributed by atoms with E-state index in [9.17, 15) is 13.6 Å². The SMILES string of the molecule is O=C(CCCC=C(F)F)NC1CCCCC1. The van der Waals surface area contributed by atoms with Crippen LogP contribution < -0.4 is 5.32 Å². The number of halogens is 2. The minimum Gasteiger partial charge on any atom is -0.353 e. The van der Waals surface area contributed by atoms with Crippen molar-refractivity contribution in [1.82, 2.24) is 5.32 Å². The molecule has 1 aliphatic carbocycles. The van der Waals surface area contributed by atoms with Crippen LogP contribution in [0.15, 0.2) is 12.2 Å². The van der Waals surface area contributed by atoms with E-state index >= 15 is 0 Å². The maximum absolute atomic E-state index is 11.7. The smallest absolute Gasteiger partial charge is 0.266 e. The fourth-order valence-electron chi connectivity index (χ4n) is 2.02. The molecule has 1 rings (SSSR count). The van der Waals surface area contributed by atoms with Gasteiger partial charge in [-0.1, -0.05) is 19.3 Å². The van der Waals surface area contributed by atoms with Crippen LogP contribution in [0.2, 0.25) is 0 Å². The molecule has 1 N–H and O–H groups in total. The fourth-order valence-corrected chi connectivity index (χ4v) is 2.02. The third-order valence-electron chi connectivity index (χ3n) is 2.88. The zero-order chi connectivity index (χ0) is 11.8. The monoisotopic (exact) mass is 231 g/mol. The van der Waals surface area contributed by atoms with Crippen LogP contribution in [0.5, 0.6) is 0 Å². The molecule has 0 atom stereocenters. The molecule has 1 saturated carbocycles. The van der Waals surface area contributed by atoms with E-state index in [-0.39, 0.29) is 12.3 Å². The van der Waals surface area contributed by atoms with Crippen LogP contribution in [0.4, 0.5) is 8.78 Å². The average molecular weight is 231 g/mol. The second kappa shape index (κ2) is 7.36. The first kappa shape index (κ1) is 13.1. The summed E-state index contributed by atoms with van der Waals surface area (Å²) < 4.78 is 23.4. The number of allylic oxidation sites excluding steroid dienone is 1. The predicted octanol–water partition coefficient (Wildman–Crippen LogP) is 3.39. The van der Waals surface area contributed by atoms with Gasteiger partial charge in [-0.3, -0.25) is 4.79 Å². The molecule has 0 saturated heterocycles. The number of rotatable bonds is 5. The topological polar surface area (TPSA) is 29.1 Å². The number of nitrogens with one attached hydrogen (secondary N) is 1. The van der Waals surface area contributed by atoms with Crippen molar-refractivity contribution in [3.05, 3.63) is 12.2 Å². The molecule has 0 spiro atoms. The van der Waals surface area contributed by atoms with Gasteiger partial charge in [-0.15, -0.1) is 0 Å². The Morgan fingerprint density at radius 1 is 1.25 bits per heavy atom. The normalized spacial score (nSPS) is 16.9. The van der Waals surface area contributed by atoms with Crippen LogP contribution in [0.25, 0.3) is 0 Å². The van der Waals surface area contributed by atoms with E-state index in [1.807, 2.05) is 0 Å². The van der Waals surface area contributed by atoms with Crippen molar-refractivity contribution in [2.75, 3.05) is 0 Å². The largest absolute Gasteiger partial charge is 0.353 e. The van der Waals surface area contributed by atoms with Gasteiger partial charge in [0, 0.05) is 12.5 Å². The van der Waals surface area contributed by atoms with Gasteiger partial charge in [0.15, 0.2) is 0 Å². The zero-order valence-corrected chi connectivity index (χ0v) is 9.48. The Kier molecular flexibility index (Phi) is 6.04. The van der Waals surface area contributed by atoms with Gasteiger partial charge in [0.25, 0.3) is 6.08 Å². The molecule has 1 aliphatic rings. The summed E-state index contributed by atoms with van der Waals surface area (Å²) in [5.74, 6) is -0.000402. The van der Waals surface area contributed by atoms with E-state index in [0.29, 0.717) is 18.9 Å². The minimum absolute atomic E-state index is 0.000402. The molecule has 2 nitrogen and oxygen atoms in total. The van der Waals surface area contributed by atoms with Crippen LogP contribution in [0, 0.1) is 0 Å². The zero-order valence-electron chi connectivity index (χ0n) is 9.48. The van der Waals surface area contributed by atoms with Crippen molar-refractivity contribution < 1.29 is 13.6 Å². The third kappa shape index (κ3) is 5.83. The Hall–Kier alpha value is -0.930. The summed E-state index contributed by atoms with van der Waals surface area (Å²) >= 11 is 0. The first-order valence-electron chi connectivity index (χ1n) is 5.99. The number of hydrogen-bond acceptors (Lipinski definition) is 1. The molecule has 0 unspecified atom stereocenters. The van der Waals surface area contributed by atoms with Gasteiger partial charge in [0.2, 0.25) is 5.91 Å². The quantitative estimate of drug-likeness (QED) is 0.722. The lowest BCUT2D eigenvalue weighted by Gasteiger charge is -2.22. The molecule has 0 radical (unpaired) electrons. The van der Waals surface area contributed by atoms with Gasteiger partial charge in [-0.25, -0.2) is 0 Å². The van der Waals surface area contributed by atoms with Crippen LogP contribution in [-0.4, -0.2) is 11.9 Å². The molecular weight excluding hydrogens is 212 g/mol. The van der Waals surface area contributed by atoms with Gasteiger partial charge < -0.3 is 5.32 Å². The Morgan fingerprint density at radius 3 is 2.56 bits per heavy atom. The molecule has 92 valence electrons. The highest BCUT2D eigenvalue weighted by molar-refractivity contribution is 5.76. The van der Waals surface area contributed by atoms with Gasteiger partial charge in [0.05, 0.1) is 0 Å². The van der Waals surface area contributed by atoms with E-state index < -0.39 is 6.08 Å². The molecule has 4 heteroatoms. The van der Waals surface area contributed by atoms with E-state index in [0.717, 1.165) is 18.9 Å². The van der Waals surface area contributed by atoms with Gasteiger partial charge >= 0.3 is 0 Å². The summed E-state index contributed by atoms with van der Waals surface area (Å²) in [7, 11) is 0. The first-order chi connectivity index (χ1) is 7.68. The summed E-state index contributed by atoms with van der Waals surface area (Å²) in [6.07, 6.45) is 6.07. The lowest BCUT2D eigenvalue weighted by molar-refractivity contribution is -0.122. The number of unbranched alkanes of at least 4 members (excludes halogenated alkanes) is 1. The van der Waals surface area contributed by atoms with Crippen molar-refractivity contribution in [3.8, 4) is 0 Å². The summed E-state index contributed by atoms with van der Waals surface area (Å²) in [5, 5.41) is 2.96. The van der Waals surface area contributed by atoms with Crippen molar-refractivity contribution in [1.29, 1.82) is 0 Å². The molecule has 0 aromatic rings. The van der Waals surface area contributed by atoms with Crippen molar-refractivity contribution in [3.63, 3.8) is 0 Å². The lowest BCUT2D eigenvalue weighted by atomic mass is 9.95. The van der Waals surface area contributed by atoms with Crippen molar-refractivity contribution >= 4 is 5.91 Å². The van der Waals surface area contributed by atoms with Crippen molar-refractivity contribution in [2.45, 2.75) is 57.4 Å². The summed E-state index contributed by atoms with van der Waals surface area (Å²) in [6, 6.07) is 0.315. The highest BCUT2D eigenvalue weighted by Crippen LogP contribution is 2.17. The highest BCUT2D eigenvalue weighted by Gasteiger charge is 2.14. The fraction of sp³-hybridized carbons (Fsp3) is 0.750. The predicted molar refractivity (Wildman–Crippen MR) is 59.2 cm³/mol. The Bertz CT molecular complexity index is 243. The second-order valence-corrected chi connectivity index (χ2v) is 4.29. The summed E-state index contributed by atoms with van der Waals surface area (Å²) in [6.45, 7) is 0. The highest BCUT2D eigenvalue weighted by atomic mass is 19.3.